The van der Waals surface area contributed by atoms with Gasteiger partial charge in [-0.3, -0.25) is 0 Å². The van der Waals surface area contributed by atoms with Gasteiger partial charge < -0.3 is 14.8 Å². The van der Waals surface area contributed by atoms with E-state index in [2.05, 4.69) is 38.2 Å². The van der Waals surface area contributed by atoms with E-state index in [-0.39, 0.29) is 5.41 Å². The Balaban J connectivity index is 1.82. The number of benzene rings is 1. The molecule has 1 unspecified atom stereocenters. The summed E-state index contributed by atoms with van der Waals surface area (Å²) in [6.45, 7) is 9.10. The average molecular weight is 275 g/mol. The highest BCUT2D eigenvalue weighted by Gasteiger charge is 2.26. The van der Waals surface area contributed by atoms with Crippen molar-refractivity contribution in [2.45, 2.75) is 46.1 Å². The first-order chi connectivity index (χ1) is 9.53. The quantitative estimate of drug-likeness (QED) is 0.899. The summed E-state index contributed by atoms with van der Waals surface area (Å²) in [5.74, 6) is 1.81. The highest BCUT2D eigenvalue weighted by Crippen LogP contribution is 2.36. The second kappa shape index (κ2) is 5.28. The number of aryl methyl sites for hydroxylation is 1. The first-order valence-electron chi connectivity index (χ1n) is 7.66. The predicted octanol–water partition coefficient (Wildman–Crippen LogP) is 3.09. The Morgan fingerprint density at radius 3 is 2.55 bits per heavy atom. The molecule has 1 saturated heterocycles. The van der Waals surface area contributed by atoms with E-state index in [0.717, 1.165) is 24.5 Å². The van der Waals surface area contributed by atoms with Crippen LogP contribution in [0, 0.1) is 12.3 Å². The van der Waals surface area contributed by atoms with Gasteiger partial charge in [-0.1, -0.05) is 13.8 Å². The van der Waals surface area contributed by atoms with Gasteiger partial charge in [-0.05, 0) is 56.0 Å². The summed E-state index contributed by atoms with van der Waals surface area (Å²) < 4.78 is 11.9. The molecular weight excluding hydrogens is 250 g/mol. The minimum atomic E-state index is 0.0695. The second-order valence-corrected chi connectivity index (χ2v) is 6.96. The molecule has 3 nitrogen and oxygen atoms in total. The Kier molecular flexibility index (Phi) is 3.63. The van der Waals surface area contributed by atoms with Gasteiger partial charge in [0.1, 0.15) is 0 Å². The SMILES string of the molecule is Cc1cc2c(cc1CC1CCCN1)OCC(C)(C)CO2. The number of fused-ring (bicyclic) bond motifs is 1. The van der Waals surface area contributed by atoms with E-state index >= 15 is 0 Å². The molecule has 3 rings (SSSR count). The molecule has 20 heavy (non-hydrogen) atoms. The zero-order chi connectivity index (χ0) is 14.2. The molecule has 3 heteroatoms. The molecule has 2 aliphatic heterocycles. The minimum Gasteiger partial charge on any atom is -0.489 e. The Morgan fingerprint density at radius 2 is 1.90 bits per heavy atom. The van der Waals surface area contributed by atoms with Crippen molar-refractivity contribution in [2.24, 2.45) is 5.41 Å². The van der Waals surface area contributed by atoms with E-state index in [1.807, 2.05) is 0 Å². The van der Waals surface area contributed by atoms with Gasteiger partial charge in [0, 0.05) is 11.5 Å². The Labute approximate surface area is 121 Å². The normalized spacial score (nSPS) is 24.4. The van der Waals surface area contributed by atoms with Crippen LogP contribution >= 0.6 is 0 Å². The zero-order valence-electron chi connectivity index (χ0n) is 12.8. The molecular formula is C17H25NO2. The largest absolute Gasteiger partial charge is 0.489 e. The van der Waals surface area contributed by atoms with Gasteiger partial charge in [-0.15, -0.1) is 0 Å². The Morgan fingerprint density at radius 1 is 1.20 bits per heavy atom. The second-order valence-electron chi connectivity index (χ2n) is 6.96. The van der Waals surface area contributed by atoms with Crippen LogP contribution in [0.15, 0.2) is 12.1 Å². The van der Waals surface area contributed by atoms with Crippen molar-refractivity contribution in [2.75, 3.05) is 19.8 Å². The summed E-state index contributed by atoms with van der Waals surface area (Å²) in [5, 5.41) is 3.57. The van der Waals surface area contributed by atoms with E-state index < -0.39 is 0 Å². The summed E-state index contributed by atoms with van der Waals surface area (Å²) in [7, 11) is 0. The van der Waals surface area contributed by atoms with E-state index in [1.165, 1.54) is 24.0 Å². The first kappa shape index (κ1) is 13.7. The lowest BCUT2D eigenvalue weighted by Gasteiger charge is -2.19. The van der Waals surface area contributed by atoms with Crippen molar-refractivity contribution in [1.82, 2.24) is 5.32 Å². The van der Waals surface area contributed by atoms with Gasteiger partial charge in [0.15, 0.2) is 11.5 Å². The number of hydrogen-bond donors (Lipinski definition) is 1. The van der Waals surface area contributed by atoms with E-state index in [4.69, 9.17) is 9.47 Å². The number of nitrogens with one attached hydrogen (secondary N) is 1. The zero-order valence-corrected chi connectivity index (χ0v) is 12.8. The van der Waals surface area contributed by atoms with Gasteiger partial charge in [0.2, 0.25) is 0 Å². The third-order valence-corrected chi connectivity index (χ3v) is 4.27. The molecule has 0 bridgehead atoms. The van der Waals surface area contributed by atoms with Crippen LogP contribution in [0.1, 0.15) is 37.8 Å². The minimum absolute atomic E-state index is 0.0695. The van der Waals surface area contributed by atoms with Crippen molar-refractivity contribution < 1.29 is 9.47 Å². The van der Waals surface area contributed by atoms with Crippen molar-refractivity contribution in [1.29, 1.82) is 0 Å². The molecule has 0 aromatic heterocycles. The lowest BCUT2D eigenvalue weighted by atomic mass is 9.97. The standard InChI is InChI=1S/C17H25NO2/c1-12-7-15-16(20-11-17(2,3)10-19-15)9-13(12)8-14-5-4-6-18-14/h7,9,14,18H,4-6,8,10-11H2,1-3H3. The summed E-state index contributed by atoms with van der Waals surface area (Å²) in [5.41, 5.74) is 2.76. The van der Waals surface area contributed by atoms with Crippen molar-refractivity contribution in [3.8, 4) is 11.5 Å². The number of rotatable bonds is 2. The van der Waals surface area contributed by atoms with Gasteiger partial charge in [-0.25, -0.2) is 0 Å². The van der Waals surface area contributed by atoms with Crippen molar-refractivity contribution >= 4 is 0 Å². The highest BCUT2D eigenvalue weighted by molar-refractivity contribution is 5.47. The molecule has 1 aromatic carbocycles. The van der Waals surface area contributed by atoms with Crippen LogP contribution in [-0.4, -0.2) is 25.8 Å². The summed E-state index contributed by atoms with van der Waals surface area (Å²) in [6.07, 6.45) is 3.66. The lowest BCUT2D eigenvalue weighted by molar-refractivity contribution is 0.140. The maximum Gasteiger partial charge on any atom is 0.161 e. The van der Waals surface area contributed by atoms with Crippen LogP contribution in [0.4, 0.5) is 0 Å². The molecule has 2 aliphatic rings. The Bertz CT molecular complexity index is 490. The molecule has 2 heterocycles. The van der Waals surface area contributed by atoms with Gasteiger partial charge in [0.25, 0.3) is 0 Å². The first-order valence-corrected chi connectivity index (χ1v) is 7.66. The van der Waals surface area contributed by atoms with Crippen LogP contribution in [0.25, 0.3) is 0 Å². The number of hydrogen-bond acceptors (Lipinski definition) is 3. The third kappa shape index (κ3) is 2.93. The molecule has 1 N–H and O–H groups in total. The topological polar surface area (TPSA) is 30.5 Å². The summed E-state index contributed by atoms with van der Waals surface area (Å²) in [4.78, 5) is 0. The van der Waals surface area contributed by atoms with E-state index in [9.17, 15) is 0 Å². The van der Waals surface area contributed by atoms with Gasteiger partial charge in [-0.2, -0.15) is 0 Å². The van der Waals surface area contributed by atoms with Crippen LogP contribution in [0.5, 0.6) is 11.5 Å². The van der Waals surface area contributed by atoms with Crippen molar-refractivity contribution in [3.05, 3.63) is 23.3 Å². The molecule has 1 aromatic rings. The number of ether oxygens (including phenoxy) is 2. The fourth-order valence-corrected chi connectivity index (χ4v) is 2.93. The van der Waals surface area contributed by atoms with Crippen LogP contribution in [0.2, 0.25) is 0 Å². The molecule has 1 fully saturated rings. The van der Waals surface area contributed by atoms with Gasteiger partial charge >= 0.3 is 0 Å². The predicted molar refractivity (Wildman–Crippen MR) is 80.7 cm³/mol. The summed E-state index contributed by atoms with van der Waals surface area (Å²) in [6, 6.07) is 4.95. The monoisotopic (exact) mass is 275 g/mol. The molecule has 0 amide bonds. The van der Waals surface area contributed by atoms with E-state index in [1.54, 1.807) is 0 Å². The smallest absolute Gasteiger partial charge is 0.161 e. The fraction of sp³-hybridized carbons (Fsp3) is 0.647. The maximum absolute atomic E-state index is 5.98. The average Bonchev–Trinajstić information content (AvgIpc) is 2.85. The highest BCUT2D eigenvalue weighted by atomic mass is 16.5. The molecule has 110 valence electrons. The van der Waals surface area contributed by atoms with E-state index in [0.29, 0.717) is 19.3 Å². The van der Waals surface area contributed by atoms with Crippen LogP contribution < -0.4 is 14.8 Å². The fourth-order valence-electron chi connectivity index (χ4n) is 2.93. The molecule has 0 aliphatic carbocycles. The van der Waals surface area contributed by atoms with Crippen LogP contribution in [-0.2, 0) is 6.42 Å². The maximum atomic E-state index is 5.98. The third-order valence-electron chi connectivity index (χ3n) is 4.27. The van der Waals surface area contributed by atoms with Gasteiger partial charge in [0.05, 0.1) is 13.2 Å². The van der Waals surface area contributed by atoms with Crippen molar-refractivity contribution in [3.63, 3.8) is 0 Å². The lowest BCUT2D eigenvalue weighted by Crippen LogP contribution is -2.26. The molecule has 0 spiro atoms. The molecule has 0 saturated carbocycles. The summed E-state index contributed by atoms with van der Waals surface area (Å²) >= 11 is 0. The van der Waals surface area contributed by atoms with Crippen LogP contribution in [0.3, 0.4) is 0 Å². The molecule has 0 radical (unpaired) electrons. The molecule has 1 atom stereocenters. The Hall–Kier alpha value is -1.22.